The van der Waals surface area contributed by atoms with Crippen LogP contribution in [0.4, 0.5) is 13.2 Å². The van der Waals surface area contributed by atoms with E-state index < -0.39 is 24.1 Å². The number of carbonyl (C=O) groups is 1. The minimum absolute atomic E-state index is 0.0811. The molecule has 2 nitrogen and oxygen atoms in total. The van der Waals surface area contributed by atoms with Crippen molar-refractivity contribution >= 4 is 21.9 Å². The molecule has 0 aliphatic heterocycles. The molecule has 0 heterocycles. The molecule has 6 heteroatoms. The van der Waals surface area contributed by atoms with Gasteiger partial charge in [0.2, 0.25) is 0 Å². The van der Waals surface area contributed by atoms with Gasteiger partial charge in [0.1, 0.15) is 5.82 Å². The number of aliphatic carboxylic acids is 1. The van der Waals surface area contributed by atoms with Crippen molar-refractivity contribution in [1.82, 2.24) is 0 Å². The molecule has 0 radical (unpaired) electrons. The monoisotopic (exact) mass is 282 g/mol. The lowest BCUT2D eigenvalue weighted by Crippen LogP contribution is -2.30. The Morgan fingerprint density at radius 3 is 2.60 bits per heavy atom. The van der Waals surface area contributed by atoms with Gasteiger partial charge in [0.05, 0.1) is 4.47 Å². The molecular weight excluding hydrogens is 277 g/mol. The molecule has 82 valence electrons. The molecule has 0 spiro atoms. The number of carboxylic acids is 1. The van der Waals surface area contributed by atoms with Crippen molar-refractivity contribution in [3.63, 3.8) is 0 Å². The molecule has 0 aliphatic carbocycles. The van der Waals surface area contributed by atoms with Crippen LogP contribution in [0.3, 0.4) is 0 Å². The SMILES string of the molecule is O=C(O)C(F)(F)Cc1cccc(F)c1Br. The van der Waals surface area contributed by atoms with E-state index in [-0.39, 0.29) is 10.0 Å². The lowest BCUT2D eigenvalue weighted by molar-refractivity contribution is -0.164. The van der Waals surface area contributed by atoms with Crippen LogP contribution in [-0.4, -0.2) is 17.0 Å². The van der Waals surface area contributed by atoms with Gasteiger partial charge in [-0.3, -0.25) is 0 Å². The van der Waals surface area contributed by atoms with Crippen LogP contribution in [0.2, 0.25) is 0 Å². The Hall–Kier alpha value is -1.04. The first-order valence-electron chi connectivity index (χ1n) is 3.88. The molecule has 0 atom stereocenters. The number of hydrogen-bond acceptors (Lipinski definition) is 1. The molecule has 15 heavy (non-hydrogen) atoms. The van der Waals surface area contributed by atoms with Crippen LogP contribution in [0.25, 0.3) is 0 Å². The first-order chi connectivity index (χ1) is 6.84. The summed E-state index contributed by atoms with van der Waals surface area (Å²) in [5, 5.41) is 8.20. The van der Waals surface area contributed by atoms with Gasteiger partial charge in [-0.05, 0) is 27.6 Å². The van der Waals surface area contributed by atoms with E-state index in [1.54, 1.807) is 0 Å². The summed E-state index contributed by atoms with van der Waals surface area (Å²) in [5.74, 6) is -6.82. The fourth-order valence-corrected chi connectivity index (χ4v) is 1.40. The Morgan fingerprint density at radius 1 is 1.47 bits per heavy atom. The van der Waals surface area contributed by atoms with E-state index in [0.29, 0.717) is 0 Å². The molecule has 1 N–H and O–H groups in total. The number of rotatable bonds is 3. The maximum Gasteiger partial charge on any atom is 0.374 e. The summed E-state index contributed by atoms with van der Waals surface area (Å²) in [6.45, 7) is 0. The highest BCUT2D eigenvalue weighted by Gasteiger charge is 2.39. The van der Waals surface area contributed by atoms with E-state index >= 15 is 0 Å². The fourth-order valence-electron chi connectivity index (χ4n) is 1.000. The van der Waals surface area contributed by atoms with E-state index in [1.165, 1.54) is 12.1 Å². The zero-order valence-electron chi connectivity index (χ0n) is 7.31. The van der Waals surface area contributed by atoms with Crippen LogP contribution in [0, 0.1) is 5.82 Å². The van der Waals surface area contributed by atoms with Crippen LogP contribution >= 0.6 is 15.9 Å². The summed E-state index contributed by atoms with van der Waals surface area (Å²) in [4.78, 5) is 10.2. The maximum atomic E-state index is 12.9. The van der Waals surface area contributed by atoms with E-state index in [9.17, 15) is 18.0 Å². The summed E-state index contributed by atoms with van der Waals surface area (Å²) in [6, 6.07) is 3.57. The maximum absolute atomic E-state index is 12.9. The lowest BCUT2D eigenvalue weighted by Gasteiger charge is -2.12. The van der Waals surface area contributed by atoms with Gasteiger partial charge in [0.25, 0.3) is 0 Å². The normalized spacial score (nSPS) is 11.5. The van der Waals surface area contributed by atoms with Gasteiger partial charge in [-0.1, -0.05) is 12.1 Å². The molecule has 0 saturated heterocycles. The van der Waals surface area contributed by atoms with Crippen LogP contribution in [0.15, 0.2) is 22.7 Å². The molecule has 0 bridgehead atoms. The molecule has 1 aromatic carbocycles. The van der Waals surface area contributed by atoms with Crippen molar-refractivity contribution < 1.29 is 23.1 Å². The first kappa shape index (κ1) is 12.0. The first-order valence-corrected chi connectivity index (χ1v) is 4.68. The van der Waals surface area contributed by atoms with Crippen molar-refractivity contribution in [2.45, 2.75) is 12.3 Å². The van der Waals surface area contributed by atoms with Crippen LogP contribution < -0.4 is 0 Å². The fraction of sp³-hybridized carbons (Fsp3) is 0.222. The second-order valence-electron chi connectivity index (χ2n) is 2.90. The number of hydrogen-bond donors (Lipinski definition) is 1. The Kier molecular flexibility index (Phi) is 3.38. The minimum atomic E-state index is -3.89. The highest BCUT2D eigenvalue weighted by molar-refractivity contribution is 9.10. The van der Waals surface area contributed by atoms with Gasteiger partial charge in [0.15, 0.2) is 0 Å². The van der Waals surface area contributed by atoms with Gasteiger partial charge >= 0.3 is 11.9 Å². The molecule has 1 aromatic rings. The molecule has 0 unspecified atom stereocenters. The third-order valence-electron chi connectivity index (χ3n) is 1.76. The van der Waals surface area contributed by atoms with Gasteiger partial charge in [0, 0.05) is 6.42 Å². The zero-order chi connectivity index (χ0) is 11.6. The van der Waals surface area contributed by atoms with Gasteiger partial charge in [-0.15, -0.1) is 0 Å². The highest BCUT2D eigenvalue weighted by atomic mass is 79.9. The van der Waals surface area contributed by atoms with E-state index in [2.05, 4.69) is 15.9 Å². The van der Waals surface area contributed by atoms with Crippen molar-refractivity contribution in [2.24, 2.45) is 0 Å². The number of carboxylic acid groups (broad SMARTS) is 1. The topological polar surface area (TPSA) is 37.3 Å². The molecule has 0 aliphatic rings. The molecule has 0 fully saturated rings. The average molecular weight is 283 g/mol. The molecular formula is C9H6BrF3O2. The lowest BCUT2D eigenvalue weighted by atomic mass is 10.1. The van der Waals surface area contributed by atoms with Gasteiger partial charge < -0.3 is 5.11 Å². The predicted octanol–water partition coefficient (Wildman–Crippen LogP) is 2.85. The summed E-state index contributed by atoms with van der Waals surface area (Å²) in [5.41, 5.74) is -0.0811. The van der Waals surface area contributed by atoms with Crippen molar-refractivity contribution in [3.05, 3.63) is 34.1 Å². The Labute approximate surface area is 91.8 Å². The van der Waals surface area contributed by atoms with Crippen LogP contribution in [0.1, 0.15) is 5.56 Å². The van der Waals surface area contributed by atoms with Crippen molar-refractivity contribution in [2.75, 3.05) is 0 Å². The van der Waals surface area contributed by atoms with Crippen molar-refractivity contribution in [1.29, 1.82) is 0 Å². The second-order valence-corrected chi connectivity index (χ2v) is 3.69. The number of halogens is 4. The zero-order valence-corrected chi connectivity index (χ0v) is 8.89. The molecule has 0 amide bonds. The molecule has 0 aromatic heterocycles. The summed E-state index contributed by atoms with van der Waals surface area (Å²) in [7, 11) is 0. The average Bonchev–Trinajstić information content (AvgIpc) is 2.12. The number of benzene rings is 1. The van der Waals surface area contributed by atoms with E-state index in [4.69, 9.17) is 5.11 Å². The van der Waals surface area contributed by atoms with Gasteiger partial charge in [-0.25, -0.2) is 9.18 Å². The summed E-state index contributed by atoms with van der Waals surface area (Å²) < 4.78 is 38.4. The van der Waals surface area contributed by atoms with Crippen LogP contribution in [-0.2, 0) is 11.2 Å². The smallest absolute Gasteiger partial charge is 0.374 e. The standard InChI is InChI=1S/C9H6BrF3O2/c10-7-5(2-1-3-6(7)11)4-9(12,13)8(14)15/h1-3H,4H2,(H,14,15). The van der Waals surface area contributed by atoms with E-state index in [0.717, 1.165) is 6.07 Å². The largest absolute Gasteiger partial charge is 0.477 e. The second kappa shape index (κ2) is 4.22. The Bertz CT molecular complexity index is 393. The Balaban J connectivity index is 3.00. The van der Waals surface area contributed by atoms with Crippen molar-refractivity contribution in [3.8, 4) is 0 Å². The summed E-state index contributed by atoms with van der Waals surface area (Å²) in [6.07, 6.45) is -1.04. The highest BCUT2D eigenvalue weighted by Crippen LogP contribution is 2.27. The van der Waals surface area contributed by atoms with E-state index in [1.807, 2.05) is 0 Å². The van der Waals surface area contributed by atoms with Gasteiger partial charge in [-0.2, -0.15) is 8.78 Å². The third-order valence-corrected chi connectivity index (χ3v) is 2.65. The molecule has 1 rings (SSSR count). The third kappa shape index (κ3) is 2.71. The van der Waals surface area contributed by atoms with Crippen LogP contribution in [0.5, 0.6) is 0 Å². The number of alkyl halides is 2. The Morgan fingerprint density at radius 2 is 2.07 bits per heavy atom. The molecule has 0 saturated carbocycles. The minimum Gasteiger partial charge on any atom is -0.477 e. The predicted molar refractivity (Wildman–Crippen MR) is 50.4 cm³/mol. The summed E-state index contributed by atoms with van der Waals surface area (Å²) >= 11 is 2.78. The quantitative estimate of drug-likeness (QED) is 0.926.